The Balaban J connectivity index is 1.51. The largest absolute Gasteiger partial charge is 0.369 e. The summed E-state index contributed by atoms with van der Waals surface area (Å²) >= 11 is 0. The molecule has 1 aromatic carbocycles. The molecule has 3 atom stereocenters. The van der Waals surface area contributed by atoms with Gasteiger partial charge in [-0.1, -0.05) is 12.1 Å². The zero-order chi connectivity index (χ0) is 18.5. The second-order valence-electron chi connectivity index (χ2n) is 7.74. The Kier molecular flexibility index (Phi) is 6.27. The predicted molar refractivity (Wildman–Crippen MR) is 102 cm³/mol. The van der Waals surface area contributed by atoms with E-state index in [0.717, 1.165) is 57.5 Å². The lowest BCUT2D eigenvalue weighted by molar-refractivity contribution is -0.123. The number of carbonyl (C=O) groups is 2. The van der Waals surface area contributed by atoms with E-state index in [0.29, 0.717) is 6.04 Å². The van der Waals surface area contributed by atoms with E-state index in [9.17, 15) is 9.59 Å². The number of piperidine rings is 2. The molecule has 0 spiro atoms. The summed E-state index contributed by atoms with van der Waals surface area (Å²) in [7, 11) is 0. The molecule has 0 aromatic heterocycles. The van der Waals surface area contributed by atoms with Crippen molar-refractivity contribution in [3.05, 3.63) is 29.8 Å². The van der Waals surface area contributed by atoms with E-state index in [1.165, 1.54) is 5.56 Å². The second-order valence-corrected chi connectivity index (χ2v) is 7.74. The van der Waals surface area contributed by atoms with Gasteiger partial charge in [0.1, 0.15) is 0 Å². The third-order valence-corrected chi connectivity index (χ3v) is 5.53. The molecule has 0 bridgehead atoms. The first-order chi connectivity index (χ1) is 12.5. The first-order valence-electron chi connectivity index (χ1n) is 9.66. The predicted octanol–water partition coefficient (Wildman–Crippen LogP) is 1.71. The Morgan fingerprint density at radius 3 is 2.69 bits per heavy atom. The van der Waals surface area contributed by atoms with E-state index in [2.05, 4.69) is 34.6 Å². The number of nitrogens with zero attached hydrogens (tertiary/aromatic N) is 1. The monoisotopic (exact) mass is 358 g/mol. The highest BCUT2D eigenvalue weighted by atomic mass is 16.2. The lowest BCUT2D eigenvalue weighted by atomic mass is 9.92. The average Bonchev–Trinajstić information content (AvgIpc) is 2.63. The van der Waals surface area contributed by atoms with Crippen LogP contribution >= 0.6 is 0 Å². The highest BCUT2D eigenvalue weighted by molar-refractivity contribution is 5.92. The van der Waals surface area contributed by atoms with E-state index in [-0.39, 0.29) is 23.7 Å². The fourth-order valence-electron chi connectivity index (χ4n) is 4.00. The normalized spacial score (nSPS) is 27.0. The van der Waals surface area contributed by atoms with Crippen molar-refractivity contribution in [1.82, 2.24) is 10.2 Å². The summed E-state index contributed by atoms with van der Waals surface area (Å²) in [6.07, 6.45) is 3.69. The van der Waals surface area contributed by atoms with Crippen LogP contribution < -0.4 is 16.4 Å². The standard InChI is InChI=1S/C20H30N4O2/c1-14-11-16(8-9-22-14)20(26)23-18-6-4-15(5-7-18)12-24-10-2-3-17(13-24)19(21)25/h4-7,14,16-17,22H,2-3,8-13H2,1H3,(H2,21,25)(H,23,26)/t14-,16-,17?/m0/s1. The van der Waals surface area contributed by atoms with Crippen LogP contribution in [0.25, 0.3) is 0 Å². The number of likely N-dealkylation sites (tertiary alicyclic amines) is 1. The minimum absolute atomic E-state index is 0.0327. The van der Waals surface area contributed by atoms with Gasteiger partial charge in [-0.3, -0.25) is 14.5 Å². The lowest BCUT2D eigenvalue weighted by Gasteiger charge is -2.31. The maximum Gasteiger partial charge on any atom is 0.227 e. The Hall–Kier alpha value is -1.92. The first-order valence-corrected chi connectivity index (χ1v) is 9.66. The van der Waals surface area contributed by atoms with Gasteiger partial charge >= 0.3 is 0 Å². The van der Waals surface area contributed by atoms with Gasteiger partial charge in [0.25, 0.3) is 0 Å². The van der Waals surface area contributed by atoms with Crippen LogP contribution in [0, 0.1) is 11.8 Å². The molecule has 6 heteroatoms. The molecule has 2 aliphatic rings. The molecule has 142 valence electrons. The summed E-state index contributed by atoms with van der Waals surface area (Å²) in [5.41, 5.74) is 7.48. The number of nitrogens with one attached hydrogen (secondary N) is 2. The molecule has 3 rings (SSSR count). The minimum atomic E-state index is -0.194. The SMILES string of the molecule is C[C@H]1C[C@@H](C(=O)Nc2ccc(CN3CCCC(C(N)=O)C3)cc2)CCN1. The van der Waals surface area contributed by atoms with Gasteiger partial charge in [0.05, 0.1) is 5.92 Å². The molecule has 0 radical (unpaired) electrons. The van der Waals surface area contributed by atoms with E-state index in [1.807, 2.05) is 12.1 Å². The molecule has 2 aliphatic heterocycles. The third-order valence-electron chi connectivity index (χ3n) is 5.53. The van der Waals surface area contributed by atoms with Crippen molar-refractivity contribution in [3.63, 3.8) is 0 Å². The molecule has 2 heterocycles. The van der Waals surface area contributed by atoms with Crippen LogP contribution in [0.2, 0.25) is 0 Å². The van der Waals surface area contributed by atoms with E-state index in [1.54, 1.807) is 0 Å². The molecule has 2 saturated heterocycles. The van der Waals surface area contributed by atoms with Crippen molar-refractivity contribution in [3.8, 4) is 0 Å². The molecule has 0 saturated carbocycles. The van der Waals surface area contributed by atoms with Gasteiger partial charge < -0.3 is 16.4 Å². The number of nitrogens with two attached hydrogens (primary N) is 1. The zero-order valence-electron chi connectivity index (χ0n) is 15.5. The Morgan fingerprint density at radius 1 is 1.23 bits per heavy atom. The van der Waals surface area contributed by atoms with Crippen LogP contribution in [0.5, 0.6) is 0 Å². The number of hydrogen-bond acceptors (Lipinski definition) is 4. The number of anilines is 1. The topological polar surface area (TPSA) is 87.5 Å². The molecule has 4 N–H and O–H groups in total. The minimum Gasteiger partial charge on any atom is -0.369 e. The second kappa shape index (κ2) is 8.64. The van der Waals surface area contributed by atoms with Gasteiger partial charge in [-0.25, -0.2) is 0 Å². The van der Waals surface area contributed by atoms with Gasteiger partial charge in [0.2, 0.25) is 11.8 Å². The molecule has 2 amide bonds. The van der Waals surface area contributed by atoms with Crippen LogP contribution in [-0.4, -0.2) is 42.4 Å². The average molecular weight is 358 g/mol. The fraction of sp³-hybridized carbons (Fsp3) is 0.600. The molecule has 0 aliphatic carbocycles. The Labute approximate surface area is 155 Å². The number of rotatable bonds is 5. The molecule has 26 heavy (non-hydrogen) atoms. The summed E-state index contributed by atoms with van der Waals surface area (Å²) in [4.78, 5) is 26.1. The number of hydrogen-bond donors (Lipinski definition) is 3. The van der Waals surface area contributed by atoms with Crippen molar-refractivity contribution in [1.29, 1.82) is 0 Å². The molecule has 1 aromatic rings. The summed E-state index contributed by atoms with van der Waals surface area (Å²) in [6.45, 7) is 5.57. The van der Waals surface area contributed by atoms with Gasteiger partial charge in [-0.15, -0.1) is 0 Å². The molecular weight excluding hydrogens is 328 g/mol. The van der Waals surface area contributed by atoms with Gasteiger partial charge in [-0.05, 0) is 63.4 Å². The molecule has 1 unspecified atom stereocenters. The Morgan fingerprint density at radius 2 is 2.00 bits per heavy atom. The van der Waals surface area contributed by atoms with Crippen molar-refractivity contribution < 1.29 is 9.59 Å². The lowest BCUT2D eigenvalue weighted by Crippen LogP contribution is -2.40. The van der Waals surface area contributed by atoms with Crippen molar-refractivity contribution in [2.24, 2.45) is 17.6 Å². The highest BCUT2D eigenvalue weighted by Gasteiger charge is 2.25. The van der Waals surface area contributed by atoms with Gasteiger partial charge in [-0.2, -0.15) is 0 Å². The summed E-state index contributed by atoms with van der Waals surface area (Å²) in [5, 5.41) is 6.42. The van der Waals surface area contributed by atoms with Crippen molar-refractivity contribution >= 4 is 17.5 Å². The van der Waals surface area contributed by atoms with Gasteiger partial charge in [0, 0.05) is 30.7 Å². The third kappa shape index (κ3) is 5.05. The zero-order valence-corrected chi connectivity index (χ0v) is 15.5. The number of carbonyl (C=O) groups excluding carboxylic acids is 2. The van der Waals surface area contributed by atoms with Gasteiger partial charge in [0.15, 0.2) is 0 Å². The van der Waals surface area contributed by atoms with Crippen LogP contribution in [0.1, 0.15) is 38.2 Å². The number of primary amides is 1. The Bertz CT molecular complexity index is 631. The summed E-state index contributed by atoms with van der Waals surface area (Å²) in [5.74, 6) is -0.0221. The van der Waals surface area contributed by atoms with Crippen LogP contribution in [0.3, 0.4) is 0 Å². The van der Waals surface area contributed by atoms with Crippen LogP contribution in [0.4, 0.5) is 5.69 Å². The van der Waals surface area contributed by atoms with Crippen LogP contribution in [-0.2, 0) is 16.1 Å². The van der Waals surface area contributed by atoms with E-state index in [4.69, 9.17) is 5.73 Å². The maximum absolute atomic E-state index is 12.4. The van der Waals surface area contributed by atoms with E-state index >= 15 is 0 Å². The molecule has 2 fully saturated rings. The molecule has 6 nitrogen and oxygen atoms in total. The molecular formula is C20H30N4O2. The summed E-state index contributed by atoms with van der Waals surface area (Å²) < 4.78 is 0. The maximum atomic E-state index is 12.4. The quantitative estimate of drug-likeness (QED) is 0.748. The first kappa shape index (κ1) is 18.9. The number of amides is 2. The van der Waals surface area contributed by atoms with Crippen LogP contribution in [0.15, 0.2) is 24.3 Å². The van der Waals surface area contributed by atoms with Crippen molar-refractivity contribution in [2.75, 3.05) is 25.0 Å². The number of benzene rings is 1. The van der Waals surface area contributed by atoms with Crippen molar-refractivity contribution in [2.45, 2.75) is 45.2 Å². The highest BCUT2D eigenvalue weighted by Crippen LogP contribution is 2.21. The van der Waals surface area contributed by atoms with E-state index < -0.39 is 0 Å². The fourth-order valence-corrected chi connectivity index (χ4v) is 4.00. The summed E-state index contributed by atoms with van der Waals surface area (Å²) in [6, 6.07) is 8.43. The smallest absolute Gasteiger partial charge is 0.227 e.